The molecule has 0 amide bonds. The van der Waals surface area contributed by atoms with Crippen LogP contribution < -0.4 is 10.2 Å². The number of hydrogen-bond donors (Lipinski definition) is 1. The van der Waals surface area contributed by atoms with Crippen LogP contribution in [0, 0.1) is 11.6 Å². The molecule has 0 saturated carbocycles. The SMILES string of the molecule is CNCc1cc(F)c(N2CC(C)OC(C)(C)C2)c(F)c1. The first-order chi connectivity index (χ1) is 9.32. The van der Waals surface area contributed by atoms with Gasteiger partial charge in [0.25, 0.3) is 0 Å². The summed E-state index contributed by atoms with van der Waals surface area (Å²) in [6, 6.07) is 2.78. The van der Waals surface area contributed by atoms with Gasteiger partial charge in [0.2, 0.25) is 0 Å². The second-order valence-corrected chi connectivity index (χ2v) is 6.01. The van der Waals surface area contributed by atoms with Crippen molar-refractivity contribution >= 4 is 5.69 Å². The van der Waals surface area contributed by atoms with Crippen LogP contribution in [0.25, 0.3) is 0 Å². The molecule has 0 aromatic heterocycles. The molecule has 1 N–H and O–H groups in total. The number of benzene rings is 1. The third-order valence-corrected chi connectivity index (χ3v) is 3.34. The van der Waals surface area contributed by atoms with Crippen LogP contribution in [0.3, 0.4) is 0 Å². The number of ether oxygens (including phenoxy) is 1. The van der Waals surface area contributed by atoms with Crippen LogP contribution in [0.15, 0.2) is 12.1 Å². The standard InChI is InChI=1S/C15H22F2N2O/c1-10-8-19(9-15(2,3)20-10)14-12(16)5-11(7-18-4)6-13(14)17/h5-6,10,18H,7-9H2,1-4H3. The van der Waals surface area contributed by atoms with Gasteiger partial charge in [0, 0.05) is 19.6 Å². The average Bonchev–Trinajstić information content (AvgIpc) is 2.25. The molecule has 2 rings (SSSR count). The van der Waals surface area contributed by atoms with E-state index < -0.39 is 17.2 Å². The van der Waals surface area contributed by atoms with Crippen molar-refractivity contribution in [2.24, 2.45) is 0 Å². The second-order valence-electron chi connectivity index (χ2n) is 6.01. The molecule has 1 heterocycles. The molecular formula is C15H22F2N2O. The van der Waals surface area contributed by atoms with Crippen LogP contribution in [0.4, 0.5) is 14.5 Å². The topological polar surface area (TPSA) is 24.5 Å². The summed E-state index contributed by atoms with van der Waals surface area (Å²) < 4.78 is 34.3. The summed E-state index contributed by atoms with van der Waals surface area (Å²) >= 11 is 0. The van der Waals surface area contributed by atoms with E-state index in [0.717, 1.165) is 0 Å². The van der Waals surface area contributed by atoms with E-state index in [1.165, 1.54) is 12.1 Å². The monoisotopic (exact) mass is 284 g/mol. The fraction of sp³-hybridized carbons (Fsp3) is 0.600. The molecule has 1 fully saturated rings. The lowest BCUT2D eigenvalue weighted by Crippen LogP contribution is -2.52. The van der Waals surface area contributed by atoms with E-state index in [1.54, 1.807) is 11.9 Å². The molecule has 1 aromatic rings. The van der Waals surface area contributed by atoms with E-state index in [-0.39, 0.29) is 11.8 Å². The Kier molecular flexibility index (Phi) is 4.30. The number of morpholine rings is 1. The Bertz CT molecular complexity index is 468. The summed E-state index contributed by atoms with van der Waals surface area (Å²) in [7, 11) is 1.75. The Morgan fingerprint density at radius 1 is 1.35 bits per heavy atom. The fourth-order valence-electron chi connectivity index (χ4n) is 2.85. The first-order valence-electron chi connectivity index (χ1n) is 6.87. The minimum Gasteiger partial charge on any atom is -0.369 e. The van der Waals surface area contributed by atoms with Crippen molar-refractivity contribution in [3.63, 3.8) is 0 Å². The van der Waals surface area contributed by atoms with Crippen molar-refractivity contribution in [1.29, 1.82) is 0 Å². The minimum atomic E-state index is -0.514. The zero-order chi connectivity index (χ0) is 14.9. The Morgan fingerprint density at radius 3 is 2.45 bits per heavy atom. The summed E-state index contributed by atoms with van der Waals surface area (Å²) in [5, 5.41) is 2.89. The quantitative estimate of drug-likeness (QED) is 0.923. The highest BCUT2D eigenvalue weighted by atomic mass is 19.1. The Balaban J connectivity index is 2.32. The number of halogens is 2. The van der Waals surface area contributed by atoms with Crippen molar-refractivity contribution in [2.75, 3.05) is 25.0 Å². The average molecular weight is 284 g/mol. The number of rotatable bonds is 3. The van der Waals surface area contributed by atoms with Crippen molar-refractivity contribution in [3.8, 4) is 0 Å². The van der Waals surface area contributed by atoms with Gasteiger partial charge < -0.3 is 15.0 Å². The Labute approximate surface area is 118 Å². The van der Waals surface area contributed by atoms with Crippen LogP contribution in [-0.2, 0) is 11.3 Å². The van der Waals surface area contributed by atoms with Crippen LogP contribution in [0.2, 0.25) is 0 Å². The maximum absolute atomic E-state index is 14.2. The summed E-state index contributed by atoms with van der Waals surface area (Å²) in [5.41, 5.74) is 0.236. The fourth-order valence-corrected chi connectivity index (χ4v) is 2.85. The van der Waals surface area contributed by atoms with Crippen molar-refractivity contribution in [2.45, 2.75) is 39.0 Å². The number of hydrogen-bond acceptors (Lipinski definition) is 3. The molecule has 0 bridgehead atoms. The van der Waals surface area contributed by atoms with Crippen LogP contribution in [0.1, 0.15) is 26.3 Å². The summed E-state index contributed by atoms with van der Waals surface area (Å²) in [5.74, 6) is -1.03. The minimum absolute atomic E-state index is 0.0491. The van der Waals surface area contributed by atoms with Gasteiger partial charge in [-0.15, -0.1) is 0 Å². The maximum Gasteiger partial charge on any atom is 0.149 e. The van der Waals surface area contributed by atoms with Crippen LogP contribution >= 0.6 is 0 Å². The van der Waals surface area contributed by atoms with E-state index in [9.17, 15) is 8.78 Å². The van der Waals surface area contributed by atoms with Crippen LogP contribution in [0.5, 0.6) is 0 Å². The summed E-state index contributed by atoms with van der Waals surface area (Å²) in [4.78, 5) is 1.74. The second kappa shape index (κ2) is 5.66. The Morgan fingerprint density at radius 2 is 1.95 bits per heavy atom. The lowest BCUT2D eigenvalue weighted by atomic mass is 10.0. The molecule has 1 aromatic carbocycles. The van der Waals surface area contributed by atoms with Gasteiger partial charge in [-0.25, -0.2) is 8.78 Å². The smallest absolute Gasteiger partial charge is 0.149 e. The number of anilines is 1. The maximum atomic E-state index is 14.2. The van der Waals surface area contributed by atoms with E-state index in [0.29, 0.717) is 25.2 Å². The van der Waals surface area contributed by atoms with E-state index in [4.69, 9.17) is 4.74 Å². The highest BCUT2D eigenvalue weighted by molar-refractivity contribution is 5.51. The molecule has 112 valence electrons. The van der Waals surface area contributed by atoms with Gasteiger partial charge in [0.1, 0.15) is 17.3 Å². The lowest BCUT2D eigenvalue weighted by molar-refractivity contribution is -0.0752. The molecule has 5 heteroatoms. The molecule has 0 spiro atoms. The van der Waals surface area contributed by atoms with Crippen LogP contribution in [-0.4, -0.2) is 31.8 Å². The highest BCUT2D eigenvalue weighted by Crippen LogP contribution is 2.30. The normalized spacial score (nSPS) is 22.1. The van der Waals surface area contributed by atoms with Gasteiger partial charge in [0.15, 0.2) is 0 Å². The third-order valence-electron chi connectivity index (χ3n) is 3.34. The number of nitrogens with one attached hydrogen (secondary N) is 1. The predicted octanol–water partition coefficient (Wildman–Crippen LogP) is 2.69. The van der Waals surface area contributed by atoms with Crippen molar-refractivity contribution in [3.05, 3.63) is 29.3 Å². The molecule has 1 saturated heterocycles. The molecule has 20 heavy (non-hydrogen) atoms. The molecule has 1 atom stereocenters. The first-order valence-corrected chi connectivity index (χ1v) is 6.87. The van der Waals surface area contributed by atoms with Gasteiger partial charge in [-0.2, -0.15) is 0 Å². The number of nitrogens with zero attached hydrogens (tertiary/aromatic N) is 1. The lowest BCUT2D eigenvalue weighted by Gasteiger charge is -2.43. The Hall–Kier alpha value is -1.20. The van der Waals surface area contributed by atoms with Crippen molar-refractivity contribution in [1.82, 2.24) is 5.32 Å². The molecule has 0 radical (unpaired) electrons. The van der Waals surface area contributed by atoms with E-state index in [1.807, 2.05) is 20.8 Å². The molecule has 1 unspecified atom stereocenters. The summed E-state index contributed by atoms with van der Waals surface area (Å²) in [6.07, 6.45) is -0.0606. The zero-order valence-electron chi connectivity index (χ0n) is 12.5. The van der Waals surface area contributed by atoms with Gasteiger partial charge in [0.05, 0.1) is 11.7 Å². The molecule has 3 nitrogen and oxygen atoms in total. The van der Waals surface area contributed by atoms with Crippen molar-refractivity contribution < 1.29 is 13.5 Å². The van der Waals surface area contributed by atoms with E-state index >= 15 is 0 Å². The van der Waals surface area contributed by atoms with Gasteiger partial charge in [-0.3, -0.25) is 0 Å². The van der Waals surface area contributed by atoms with Gasteiger partial charge >= 0.3 is 0 Å². The molecule has 0 aliphatic carbocycles. The van der Waals surface area contributed by atoms with E-state index in [2.05, 4.69) is 5.32 Å². The summed E-state index contributed by atoms with van der Waals surface area (Å²) in [6.45, 7) is 7.18. The molecular weight excluding hydrogens is 262 g/mol. The van der Waals surface area contributed by atoms with Gasteiger partial charge in [-0.1, -0.05) is 0 Å². The molecule has 1 aliphatic heterocycles. The molecule has 1 aliphatic rings. The largest absolute Gasteiger partial charge is 0.369 e. The zero-order valence-corrected chi connectivity index (χ0v) is 12.5. The third kappa shape index (κ3) is 3.27. The van der Waals surface area contributed by atoms with Gasteiger partial charge in [-0.05, 0) is 45.5 Å². The first kappa shape index (κ1) is 15.2. The highest BCUT2D eigenvalue weighted by Gasteiger charge is 2.33. The predicted molar refractivity (Wildman–Crippen MR) is 76.0 cm³/mol.